The maximum atomic E-state index is 10.8. The van der Waals surface area contributed by atoms with Crippen LogP contribution in [0.25, 0.3) is 0 Å². The molecule has 1 aromatic carbocycles. The lowest BCUT2D eigenvalue weighted by Gasteiger charge is -2.41. The first-order valence-electron chi connectivity index (χ1n) is 6.46. The second-order valence-corrected chi connectivity index (χ2v) is 6.13. The SMILES string of the molecule is CC1CCC(O)(Cc2cccc(Cl)c2)C(C)C1. The van der Waals surface area contributed by atoms with Crippen molar-refractivity contribution in [1.82, 2.24) is 0 Å². The van der Waals surface area contributed by atoms with Crippen molar-refractivity contribution in [2.45, 2.75) is 45.1 Å². The van der Waals surface area contributed by atoms with Gasteiger partial charge in [0.2, 0.25) is 0 Å². The van der Waals surface area contributed by atoms with Crippen LogP contribution in [0.5, 0.6) is 0 Å². The van der Waals surface area contributed by atoms with Gasteiger partial charge in [-0.2, -0.15) is 0 Å². The van der Waals surface area contributed by atoms with Gasteiger partial charge in [-0.05, 0) is 48.8 Å². The minimum atomic E-state index is -0.544. The van der Waals surface area contributed by atoms with Gasteiger partial charge in [-0.1, -0.05) is 37.6 Å². The van der Waals surface area contributed by atoms with Crippen molar-refractivity contribution in [1.29, 1.82) is 0 Å². The number of hydrogen-bond acceptors (Lipinski definition) is 1. The molecule has 1 saturated carbocycles. The van der Waals surface area contributed by atoms with Crippen molar-refractivity contribution in [3.05, 3.63) is 34.9 Å². The van der Waals surface area contributed by atoms with Crippen molar-refractivity contribution >= 4 is 11.6 Å². The van der Waals surface area contributed by atoms with Crippen LogP contribution in [0.3, 0.4) is 0 Å². The molecule has 3 unspecified atom stereocenters. The molecule has 1 N–H and O–H groups in total. The smallest absolute Gasteiger partial charge is 0.0713 e. The second-order valence-electron chi connectivity index (χ2n) is 5.69. The maximum Gasteiger partial charge on any atom is 0.0713 e. The summed E-state index contributed by atoms with van der Waals surface area (Å²) in [5.74, 6) is 1.11. The third-order valence-corrected chi connectivity index (χ3v) is 4.38. The Hall–Kier alpha value is -0.530. The Morgan fingerprint density at radius 2 is 2.18 bits per heavy atom. The highest BCUT2D eigenvalue weighted by Gasteiger charge is 2.38. The van der Waals surface area contributed by atoms with Gasteiger partial charge in [-0.15, -0.1) is 0 Å². The van der Waals surface area contributed by atoms with Crippen molar-refractivity contribution < 1.29 is 5.11 Å². The Morgan fingerprint density at radius 3 is 2.82 bits per heavy atom. The standard InChI is InChI=1S/C15H21ClO/c1-11-6-7-15(17,12(2)8-11)10-13-4-3-5-14(16)9-13/h3-5,9,11-12,17H,6-8,10H2,1-2H3. The van der Waals surface area contributed by atoms with Gasteiger partial charge in [-0.25, -0.2) is 0 Å². The van der Waals surface area contributed by atoms with Gasteiger partial charge in [0.25, 0.3) is 0 Å². The van der Waals surface area contributed by atoms with Crippen molar-refractivity contribution in [2.75, 3.05) is 0 Å². The van der Waals surface area contributed by atoms with Crippen LogP contribution in [0, 0.1) is 11.8 Å². The fraction of sp³-hybridized carbons (Fsp3) is 0.600. The van der Waals surface area contributed by atoms with Crippen LogP contribution in [0.15, 0.2) is 24.3 Å². The van der Waals surface area contributed by atoms with E-state index in [1.165, 1.54) is 0 Å². The van der Waals surface area contributed by atoms with Gasteiger partial charge in [0.05, 0.1) is 5.60 Å². The summed E-state index contributed by atoms with van der Waals surface area (Å²) in [6.07, 6.45) is 3.88. The van der Waals surface area contributed by atoms with Crippen LogP contribution < -0.4 is 0 Å². The molecular weight excluding hydrogens is 232 g/mol. The fourth-order valence-electron chi connectivity index (χ4n) is 2.95. The highest BCUT2D eigenvalue weighted by Crippen LogP contribution is 2.38. The summed E-state index contributed by atoms with van der Waals surface area (Å²) < 4.78 is 0. The van der Waals surface area contributed by atoms with Gasteiger partial charge < -0.3 is 5.11 Å². The second kappa shape index (κ2) is 4.99. The van der Waals surface area contributed by atoms with Crippen molar-refractivity contribution in [2.24, 2.45) is 11.8 Å². The summed E-state index contributed by atoms with van der Waals surface area (Å²) >= 11 is 5.99. The van der Waals surface area contributed by atoms with Crippen LogP contribution in [-0.2, 0) is 6.42 Å². The number of benzene rings is 1. The molecule has 17 heavy (non-hydrogen) atoms. The van der Waals surface area contributed by atoms with E-state index in [4.69, 9.17) is 11.6 Å². The van der Waals surface area contributed by atoms with Gasteiger partial charge in [0.1, 0.15) is 0 Å². The Labute approximate surface area is 109 Å². The first-order valence-corrected chi connectivity index (χ1v) is 6.84. The quantitative estimate of drug-likeness (QED) is 0.841. The summed E-state index contributed by atoms with van der Waals surface area (Å²) in [6.45, 7) is 4.44. The zero-order valence-corrected chi connectivity index (χ0v) is 11.4. The van der Waals surface area contributed by atoms with Crippen LogP contribution >= 0.6 is 11.6 Å². The Balaban J connectivity index is 2.11. The Bertz CT molecular complexity index is 390. The van der Waals surface area contributed by atoms with E-state index in [-0.39, 0.29) is 0 Å². The molecule has 1 aliphatic rings. The molecule has 1 nitrogen and oxygen atoms in total. The van der Waals surface area contributed by atoms with E-state index in [0.29, 0.717) is 5.92 Å². The highest BCUT2D eigenvalue weighted by atomic mass is 35.5. The molecule has 3 atom stereocenters. The molecule has 0 spiro atoms. The molecule has 2 rings (SSSR count). The average molecular weight is 253 g/mol. The number of hydrogen-bond donors (Lipinski definition) is 1. The van der Waals surface area contributed by atoms with Crippen LogP contribution in [0.1, 0.15) is 38.7 Å². The molecule has 0 amide bonds. The molecule has 0 saturated heterocycles. The predicted octanol–water partition coefficient (Wildman–Crippen LogP) is 4.07. The van der Waals surface area contributed by atoms with Crippen LogP contribution in [0.2, 0.25) is 5.02 Å². The summed E-state index contributed by atoms with van der Waals surface area (Å²) in [4.78, 5) is 0. The molecular formula is C15H21ClO. The highest BCUT2D eigenvalue weighted by molar-refractivity contribution is 6.30. The molecule has 0 aliphatic heterocycles. The average Bonchev–Trinajstić information content (AvgIpc) is 2.25. The van der Waals surface area contributed by atoms with Gasteiger partial charge in [0, 0.05) is 11.4 Å². The zero-order valence-electron chi connectivity index (χ0n) is 10.6. The van der Waals surface area contributed by atoms with Gasteiger partial charge >= 0.3 is 0 Å². The number of rotatable bonds is 2. The third-order valence-electron chi connectivity index (χ3n) is 4.14. The normalized spacial score (nSPS) is 33.6. The molecule has 0 bridgehead atoms. The maximum absolute atomic E-state index is 10.8. The van der Waals surface area contributed by atoms with Crippen LogP contribution in [0.4, 0.5) is 0 Å². The molecule has 2 heteroatoms. The zero-order chi connectivity index (χ0) is 12.5. The van der Waals surface area contributed by atoms with Crippen LogP contribution in [-0.4, -0.2) is 10.7 Å². The van der Waals surface area contributed by atoms with E-state index in [2.05, 4.69) is 19.9 Å². The summed E-state index contributed by atoms with van der Waals surface area (Å²) in [5.41, 5.74) is 0.596. The molecule has 1 fully saturated rings. The van der Waals surface area contributed by atoms with Gasteiger partial charge in [0.15, 0.2) is 0 Å². The van der Waals surface area contributed by atoms with E-state index in [9.17, 15) is 5.11 Å². The minimum Gasteiger partial charge on any atom is -0.389 e. The van der Waals surface area contributed by atoms with Gasteiger partial charge in [-0.3, -0.25) is 0 Å². The fourth-order valence-corrected chi connectivity index (χ4v) is 3.16. The van der Waals surface area contributed by atoms with Crippen molar-refractivity contribution in [3.8, 4) is 0 Å². The van der Waals surface area contributed by atoms with E-state index in [1.54, 1.807) is 0 Å². The largest absolute Gasteiger partial charge is 0.389 e. The Kier molecular flexibility index (Phi) is 3.79. The molecule has 94 valence electrons. The minimum absolute atomic E-state index is 0.366. The molecule has 1 aliphatic carbocycles. The van der Waals surface area contributed by atoms with E-state index < -0.39 is 5.60 Å². The monoisotopic (exact) mass is 252 g/mol. The molecule has 0 aromatic heterocycles. The number of aliphatic hydroxyl groups is 1. The Morgan fingerprint density at radius 1 is 1.41 bits per heavy atom. The number of halogens is 1. The lowest BCUT2D eigenvalue weighted by Crippen LogP contribution is -2.43. The van der Waals surface area contributed by atoms with E-state index >= 15 is 0 Å². The summed E-state index contributed by atoms with van der Waals surface area (Å²) in [7, 11) is 0. The molecule has 0 radical (unpaired) electrons. The van der Waals surface area contributed by atoms with E-state index in [1.807, 2.05) is 18.2 Å². The molecule has 1 aromatic rings. The third kappa shape index (κ3) is 3.02. The first kappa shape index (κ1) is 12.9. The summed E-state index contributed by atoms with van der Waals surface area (Å²) in [5, 5.41) is 11.5. The van der Waals surface area contributed by atoms with E-state index in [0.717, 1.165) is 42.2 Å². The van der Waals surface area contributed by atoms with Crippen molar-refractivity contribution in [3.63, 3.8) is 0 Å². The predicted molar refractivity (Wildman–Crippen MR) is 72.3 cm³/mol. The lowest BCUT2D eigenvalue weighted by molar-refractivity contribution is -0.0522. The molecule has 0 heterocycles. The first-order chi connectivity index (χ1) is 7.99. The lowest BCUT2D eigenvalue weighted by atomic mass is 9.70. The summed E-state index contributed by atoms with van der Waals surface area (Å²) in [6, 6.07) is 7.84. The topological polar surface area (TPSA) is 20.2 Å².